The number of hydrogen-bond donors (Lipinski definition) is 1. The van der Waals surface area contributed by atoms with Crippen LogP contribution in [0.25, 0.3) is 11.1 Å². The third kappa shape index (κ3) is 5.12. The van der Waals surface area contributed by atoms with Crippen LogP contribution in [0.1, 0.15) is 55.8 Å². The monoisotopic (exact) mass is 495 g/mol. The van der Waals surface area contributed by atoms with Crippen molar-refractivity contribution in [2.45, 2.75) is 38.5 Å². The smallest absolute Gasteiger partial charge is 0.341 e. The summed E-state index contributed by atoms with van der Waals surface area (Å²) in [6.07, 6.45) is 6.18. The van der Waals surface area contributed by atoms with Crippen LogP contribution in [0.15, 0.2) is 78.2 Å². The first-order valence-corrected chi connectivity index (χ1v) is 13.3. The van der Waals surface area contributed by atoms with E-state index in [1.165, 1.54) is 48.0 Å². The second-order valence-electron chi connectivity index (χ2n) is 9.13. The molecule has 0 unspecified atom stereocenters. The Kier molecular flexibility index (Phi) is 7.28. The van der Waals surface area contributed by atoms with Gasteiger partial charge in [0.05, 0.1) is 7.11 Å². The Labute approximate surface area is 216 Å². The average molecular weight is 496 g/mol. The van der Waals surface area contributed by atoms with E-state index in [1.54, 1.807) is 0 Å². The molecular formula is C31H29NO3S. The van der Waals surface area contributed by atoms with E-state index in [4.69, 9.17) is 4.74 Å². The Balaban J connectivity index is 1.42. The van der Waals surface area contributed by atoms with Gasteiger partial charge in [0.1, 0.15) is 10.6 Å². The van der Waals surface area contributed by atoms with Crippen molar-refractivity contribution in [2.24, 2.45) is 0 Å². The Hall–Kier alpha value is -3.70. The molecule has 0 spiro atoms. The summed E-state index contributed by atoms with van der Waals surface area (Å²) in [6.45, 7) is 0. The van der Waals surface area contributed by atoms with Gasteiger partial charge in [0, 0.05) is 16.5 Å². The quantitative estimate of drug-likeness (QED) is 0.278. The van der Waals surface area contributed by atoms with Crippen LogP contribution in [0.3, 0.4) is 0 Å². The molecule has 4 aromatic rings. The zero-order valence-corrected chi connectivity index (χ0v) is 21.2. The van der Waals surface area contributed by atoms with Gasteiger partial charge in [-0.15, -0.1) is 11.3 Å². The van der Waals surface area contributed by atoms with Crippen molar-refractivity contribution in [3.05, 3.63) is 112 Å². The van der Waals surface area contributed by atoms with Gasteiger partial charge in [0.2, 0.25) is 0 Å². The molecule has 182 valence electrons. The van der Waals surface area contributed by atoms with E-state index in [2.05, 4.69) is 35.6 Å². The summed E-state index contributed by atoms with van der Waals surface area (Å²) >= 11 is 1.36. The molecule has 0 radical (unpaired) electrons. The first kappa shape index (κ1) is 24.0. The van der Waals surface area contributed by atoms with Crippen molar-refractivity contribution < 1.29 is 14.3 Å². The van der Waals surface area contributed by atoms with Crippen molar-refractivity contribution in [2.75, 3.05) is 12.4 Å². The number of methoxy groups -OCH3 is 1. The summed E-state index contributed by atoms with van der Waals surface area (Å²) in [4.78, 5) is 26.2. The predicted molar refractivity (Wildman–Crippen MR) is 146 cm³/mol. The number of benzene rings is 3. The van der Waals surface area contributed by atoms with Gasteiger partial charge in [-0.05, 0) is 72.4 Å². The lowest BCUT2D eigenvalue weighted by Crippen LogP contribution is -2.16. The predicted octanol–water partition coefficient (Wildman–Crippen LogP) is 7.12. The lowest BCUT2D eigenvalue weighted by atomic mass is 9.89. The second kappa shape index (κ2) is 10.9. The van der Waals surface area contributed by atoms with E-state index in [9.17, 15) is 9.59 Å². The zero-order valence-electron chi connectivity index (χ0n) is 20.4. The maximum absolute atomic E-state index is 13.4. The molecular weight excluding hydrogens is 466 g/mol. The molecule has 0 aliphatic heterocycles. The standard InChI is InChI=1S/C31H29NO3S/c1-35-31(34)28-27(25-18-17-22-11-5-6-13-24(22)19-25)20-36-30(28)32-29(33)26-14-8-7-12-23(26)16-15-21-9-3-2-4-10-21/h2-4,7-10,12,14,17-20H,5-6,11,13,15-16H2,1H3,(H,32,33). The number of carbonyl (C=O) groups excluding carboxylic acids is 2. The van der Waals surface area contributed by atoms with Gasteiger partial charge in [-0.3, -0.25) is 4.79 Å². The molecule has 4 nitrogen and oxygen atoms in total. The zero-order chi connectivity index (χ0) is 24.9. The maximum Gasteiger partial charge on any atom is 0.341 e. The molecule has 1 aliphatic rings. The Morgan fingerprint density at radius 2 is 1.64 bits per heavy atom. The number of anilines is 1. The van der Waals surface area contributed by atoms with Crippen LogP contribution >= 0.6 is 11.3 Å². The lowest BCUT2D eigenvalue weighted by Gasteiger charge is -2.17. The van der Waals surface area contributed by atoms with Crippen LogP contribution in [0.2, 0.25) is 0 Å². The number of ether oxygens (including phenoxy) is 1. The van der Waals surface area contributed by atoms with Gasteiger partial charge < -0.3 is 10.1 Å². The summed E-state index contributed by atoms with van der Waals surface area (Å²) < 4.78 is 5.13. The molecule has 1 N–H and O–H groups in total. The van der Waals surface area contributed by atoms with Gasteiger partial charge >= 0.3 is 5.97 Å². The number of aryl methyl sites for hydroxylation is 4. The van der Waals surface area contributed by atoms with Crippen molar-refractivity contribution in [1.29, 1.82) is 0 Å². The number of amides is 1. The second-order valence-corrected chi connectivity index (χ2v) is 10.0. The summed E-state index contributed by atoms with van der Waals surface area (Å²) in [6, 6.07) is 24.3. The van der Waals surface area contributed by atoms with Gasteiger partial charge in [-0.1, -0.05) is 66.7 Å². The third-order valence-electron chi connectivity index (χ3n) is 6.85. The molecule has 1 aromatic heterocycles. The topological polar surface area (TPSA) is 55.4 Å². The fourth-order valence-electron chi connectivity index (χ4n) is 4.92. The lowest BCUT2D eigenvalue weighted by molar-refractivity contribution is 0.0603. The van der Waals surface area contributed by atoms with E-state index in [-0.39, 0.29) is 5.91 Å². The van der Waals surface area contributed by atoms with Gasteiger partial charge in [0.15, 0.2) is 0 Å². The minimum absolute atomic E-state index is 0.220. The minimum atomic E-state index is -0.448. The number of fused-ring (bicyclic) bond motifs is 1. The molecule has 1 heterocycles. The molecule has 1 amide bonds. The maximum atomic E-state index is 13.4. The number of nitrogens with one attached hydrogen (secondary N) is 1. The van der Waals surface area contributed by atoms with Gasteiger partial charge in [-0.2, -0.15) is 0 Å². The summed E-state index contributed by atoms with van der Waals surface area (Å²) in [7, 11) is 1.38. The first-order chi connectivity index (χ1) is 17.6. The number of rotatable bonds is 7. The molecule has 3 aromatic carbocycles. The average Bonchev–Trinajstić information content (AvgIpc) is 3.35. The molecule has 0 saturated carbocycles. The van der Waals surface area contributed by atoms with Crippen molar-refractivity contribution in [1.82, 2.24) is 0 Å². The molecule has 1 aliphatic carbocycles. The normalized spacial score (nSPS) is 12.6. The summed E-state index contributed by atoms with van der Waals surface area (Å²) in [5.74, 6) is -0.667. The summed E-state index contributed by atoms with van der Waals surface area (Å²) in [5, 5.41) is 5.46. The summed E-state index contributed by atoms with van der Waals surface area (Å²) in [5.41, 5.74) is 7.75. The molecule has 0 fully saturated rings. The van der Waals surface area contributed by atoms with E-state index in [0.717, 1.165) is 42.4 Å². The van der Waals surface area contributed by atoms with E-state index < -0.39 is 5.97 Å². The highest BCUT2D eigenvalue weighted by molar-refractivity contribution is 7.15. The van der Waals surface area contributed by atoms with E-state index in [0.29, 0.717) is 16.1 Å². The molecule has 0 saturated heterocycles. The van der Waals surface area contributed by atoms with Crippen molar-refractivity contribution in [3.63, 3.8) is 0 Å². The highest BCUT2D eigenvalue weighted by atomic mass is 32.1. The van der Waals surface area contributed by atoms with Crippen LogP contribution in [0.4, 0.5) is 5.00 Å². The Bertz CT molecular complexity index is 1390. The molecule has 0 atom stereocenters. The van der Waals surface area contributed by atoms with E-state index in [1.807, 2.05) is 47.8 Å². The van der Waals surface area contributed by atoms with Crippen LogP contribution in [-0.2, 0) is 30.4 Å². The van der Waals surface area contributed by atoms with Crippen LogP contribution < -0.4 is 5.32 Å². The Morgan fingerprint density at radius 3 is 2.44 bits per heavy atom. The van der Waals surface area contributed by atoms with E-state index >= 15 is 0 Å². The number of thiophene rings is 1. The van der Waals surface area contributed by atoms with Crippen LogP contribution in [0.5, 0.6) is 0 Å². The highest BCUT2D eigenvalue weighted by Crippen LogP contribution is 2.38. The van der Waals surface area contributed by atoms with Gasteiger partial charge in [-0.25, -0.2) is 4.79 Å². The Morgan fingerprint density at radius 1 is 0.889 bits per heavy atom. The number of carbonyl (C=O) groups is 2. The van der Waals surface area contributed by atoms with Crippen LogP contribution in [-0.4, -0.2) is 19.0 Å². The van der Waals surface area contributed by atoms with Gasteiger partial charge in [0.25, 0.3) is 5.91 Å². The molecule has 0 bridgehead atoms. The van der Waals surface area contributed by atoms with Crippen molar-refractivity contribution >= 4 is 28.2 Å². The third-order valence-corrected chi connectivity index (χ3v) is 7.75. The SMILES string of the molecule is COC(=O)c1c(-c2ccc3c(c2)CCCC3)csc1NC(=O)c1ccccc1CCc1ccccc1. The number of hydrogen-bond acceptors (Lipinski definition) is 4. The van der Waals surface area contributed by atoms with Crippen LogP contribution in [0, 0.1) is 0 Å². The largest absolute Gasteiger partial charge is 0.465 e. The fourth-order valence-corrected chi connectivity index (χ4v) is 5.87. The highest BCUT2D eigenvalue weighted by Gasteiger charge is 2.24. The van der Waals surface area contributed by atoms with Crippen molar-refractivity contribution in [3.8, 4) is 11.1 Å². The molecule has 5 heteroatoms. The number of esters is 1. The first-order valence-electron chi connectivity index (χ1n) is 12.4. The fraction of sp³-hybridized carbons (Fsp3) is 0.226. The molecule has 36 heavy (non-hydrogen) atoms. The molecule has 5 rings (SSSR count). The minimum Gasteiger partial charge on any atom is -0.465 e.